The van der Waals surface area contributed by atoms with Crippen LogP contribution in [0.3, 0.4) is 0 Å². The van der Waals surface area contributed by atoms with E-state index in [0.29, 0.717) is 28.6 Å². The lowest BCUT2D eigenvalue weighted by Gasteiger charge is -2.25. The van der Waals surface area contributed by atoms with Gasteiger partial charge in [0.25, 0.3) is 0 Å². The van der Waals surface area contributed by atoms with E-state index in [9.17, 15) is 13.2 Å². The fourth-order valence-corrected chi connectivity index (χ4v) is 4.61. The standard InChI is InChI=1S/C15H17Cl2NO3S/c1-2-18(13-7-8-22(20,21)10-13)15(19)6-3-11-9-12(16)4-5-14(11)17/h3-6,9,13H,2,7-8,10H2,1H3/b6-3+. The number of nitrogens with zero attached hydrogens (tertiary/aromatic N) is 1. The zero-order chi connectivity index (χ0) is 16.3. The average molecular weight is 362 g/mol. The number of benzene rings is 1. The Morgan fingerprint density at radius 1 is 1.41 bits per heavy atom. The molecule has 1 amide bonds. The fraction of sp³-hybridized carbons (Fsp3) is 0.400. The monoisotopic (exact) mass is 361 g/mol. The highest BCUT2D eigenvalue weighted by Gasteiger charge is 2.33. The summed E-state index contributed by atoms with van der Waals surface area (Å²) < 4.78 is 23.1. The number of halogens is 2. The van der Waals surface area contributed by atoms with Gasteiger partial charge in [0.15, 0.2) is 9.84 Å². The Morgan fingerprint density at radius 2 is 2.14 bits per heavy atom. The Morgan fingerprint density at radius 3 is 2.73 bits per heavy atom. The van der Waals surface area contributed by atoms with E-state index in [1.807, 2.05) is 6.92 Å². The van der Waals surface area contributed by atoms with Crippen LogP contribution in [0.2, 0.25) is 10.0 Å². The first-order valence-electron chi connectivity index (χ1n) is 6.96. The van der Waals surface area contributed by atoms with Gasteiger partial charge in [0.05, 0.1) is 11.5 Å². The van der Waals surface area contributed by atoms with E-state index in [4.69, 9.17) is 23.2 Å². The average Bonchev–Trinajstić information content (AvgIpc) is 2.80. The number of rotatable bonds is 4. The molecule has 7 heteroatoms. The van der Waals surface area contributed by atoms with E-state index in [1.54, 1.807) is 29.2 Å². The normalized spacial score (nSPS) is 20.4. The van der Waals surface area contributed by atoms with Crippen molar-refractivity contribution in [2.45, 2.75) is 19.4 Å². The van der Waals surface area contributed by atoms with E-state index in [0.717, 1.165) is 0 Å². The smallest absolute Gasteiger partial charge is 0.246 e. The van der Waals surface area contributed by atoms with Crippen molar-refractivity contribution >= 4 is 45.0 Å². The summed E-state index contributed by atoms with van der Waals surface area (Å²) in [5.41, 5.74) is 0.651. The molecule has 1 aromatic carbocycles. The summed E-state index contributed by atoms with van der Waals surface area (Å²) in [7, 11) is -3.02. The highest BCUT2D eigenvalue weighted by molar-refractivity contribution is 7.91. The molecular formula is C15H17Cl2NO3S. The Hall–Kier alpha value is -1.04. The van der Waals surface area contributed by atoms with Gasteiger partial charge in [0, 0.05) is 28.7 Å². The van der Waals surface area contributed by atoms with Crippen molar-refractivity contribution in [2.75, 3.05) is 18.1 Å². The van der Waals surface area contributed by atoms with Crippen molar-refractivity contribution in [3.63, 3.8) is 0 Å². The first kappa shape index (κ1) is 17.3. The van der Waals surface area contributed by atoms with Crippen molar-refractivity contribution in [1.29, 1.82) is 0 Å². The van der Waals surface area contributed by atoms with E-state index in [-0.39, 0.29) is 23.5 Å². The fourth-order valence-electron chi connectivity index (χ4n) is 2.51. The lowest BCUT2D eigenvalue weighted by molar-refractivity contribution is -0.127. The summed E-state index contributed by atoms with van der Waals surface area (Å²) in [5, 5.41) is 1.03. The van der Waals surface area contributed by atoms with Crippen LogP contribution in [0.1, 0.15) is 18.9 Å². The van der Waals surface area contributed by atoms with Crippen molar-refractivity contribution in [3.8, 4) is 0 Å². The number of hydrogen-bond donors (Lipinski definition) is 0. The summed E-state index contributed by atoms with van der Waals surface area (Å²) in [5.74, 6) is -0.0375. The Kier molecular flexibility index (Phi) is 5.53. The van der Waals surface area contributed by atoms with Crippen LogP contribution in [-0.2, 0) is 14.6 Å². The molecule has 1 unspecified atom stereocenters. The van der Waals surface area contributed by atoms with Crippen molar-refractivity contribution in [2.24, 2.45) is 0 Å². The summed E-state index contributed by atoms with van der Waals surface area (Å²) in [6.45, 7) is 2.30. The van der Waals surface area contributed by atoms with E-state index >= 15 is 0 Å². The molecule has 0 N–H and O–H groups in total. The minimum atomic E-state index is -3.02. The molecule has 120 valence electrons. The van der Waals surface area contributed by atoms with Gasteiger partial charge in [0.1, 0.15) is 0 Å². The molecule has 1 aliphatic heterocycles. The van der Waals surface area contributed by atoms with Gasteiger partial charge in [-0.3, -0.25) is 4.79 Å². The maximum absolute atomic E-state index is 12.3. The molecule has 1 saturated heterocycles. The van der Waals surface area contributed by atoms with E-state index in [1.165, 1.54) is 6.08 Å². The molecule has 0 aliphatic carbocycles. The molecular weight excluding hydrogens is 345 g/mol. The molecule has 0 spiro atoms. The molecule has 1 aliphatic rings. The predicted molar refractivity (Wildman–Crippen MR) is 89.9 cm³/mol. The molecule has 1 heterocycles. The zero-order valence-electron chi connectivity index (χ0n) is 12.1. The van der Waals surface area contributed by atoms with Gasteiger partial charge in [-0.15, -0.1) is 0 Å². The van der Waals surface area contributed by atoms with Gasteiger partial charge in [-0.2, -0.15) is 0 Å². The molecule has 0 saturated carbocycles. The van der Waals surface area contributed by atoms with Crippen molar-refractivity contribution in [3.05, 3.63) is 39.9 Å². The molecule has 1 atom stereocenters. The minimum absolute atomic E-state index is 0.0400. The quantitative estimate of drug-likeness (QED) is 0.774. The van der Waals surface area contributed by atoms with Crippen LogP contribution in [-0.4, -0.2) is 43.3 Å². The van der Waals surface area contributed by atoms with Crippen LogP contribution in [0.25, 0.3) is 6.08 Å². The van der Waals surface area contributed by atoms with Crippen LogP contribution in [0.15, 0.2) is 24.3 Å². The second-order valence-electron chi connectivity index (χ2n) is 5.18. The summed E-state index contributed by atoms with van der Waals surface area (Å²) in [6.07, 6.45) is 3.50. The number of hydrogen-bond acceptors (Lipinski definition) is 3. The first-order chi connectivity index (χ1) is 10.3. The molecule has 0 aromatic heterocycles. The number of sulfone groups is 1. The number of carbonyl (C=O) groups excluding carboxylic acids is 1. The van der Waals surface area contributed by atoms with Crippen LogP contribution < -0.4 is 0 Å². The predicted octanol–water partition coefficient (Wildman–Crippen LogP) is 3.04. The topological polar surface area (TPSA) is 54.5 Å². The summed E-state index contributed by atoms with van der Waals surface area (Å²) in [6, 6.07) is 4.76. The summed E-state index contributed by atoms with van der Waals surface area (Å²) >= 11 is 11.9. The third-order valence-electron chi connectivity index (χ3n) is 3.64. The van der Waals surface area contributed by atoms with Gasteiger partial charge in [0.2, 0.25) is 5.91 Å². The Balaban J connectivity index is 2.12. The van der Waals surface area contributed by atoms with E-state index in [2.05, 4.69) is 0 Å². The molecule has 22 heavy (non-hydrogen) atoms. The molecule has 0 radical (unpaired) electrons. The van der Waals surface area contributed by atoms with Crippen molar-refractivity contribution in [1.82, 2.24) is 4.90 Å². The minimum Gasteiger partial charge on any atom is -0.335 e. The SMILES string of the molecule is CCN(C(=O)/C=C/c1cc(Cl)ccc1Cl)C1CCS(=O)(=O)C1. The second kappa shape index (κ2) is 7.02. The lowest BCUT2D eigenvalue weighted by Crippen LogP contribution is -2.40. The van der Waals surface area contributed by atoms with Crippen LogP contribution in [0.4, 0.5) is 0 Å². The third kappa shape index (κ3) is 4.24. The van der Waals surface area contributed by atoms with Crippen LogP contribution in [0, 0.1) is 0 Å². The molecule has 4 nitrogen and oxygen atoms in total. The van der Waals surface area contributed by atoms with Gasteiger partial charge in [-0.1, -0.05) is 23.2 Å². The second-order valence-corrected chi connectivity index (χ2v) is 8.25. The van der Waals surface area contributed by atoms with Gasteiger partial charge >= 0.3 is 0 Å². The summed E-state index contributed by atoms with van der Waals surface area (Å²) in [4.78, 5) is 13.9. The lowest BCUT2D eigenvalue weighted by atomic mass is 10.2. The molecule has 1 fully saturated rings. The first-order valence-corrected chi connectivity index (χ1v) is 9.54. The Bertz CT molecular complexity index is 701. The van der Waals surface area contributed by atoms with Crippen LogP contribution in [0.5, 0.6) is 0 Å². The highest BCUT2D eigenvalue weighted by Crippen LogP contribution is 2.22. The number of likely N-dealkylation sites (N-methyl/N-ethyl adjacent to an activating group) is 1. The molecule has 0 bridgehead atoms. The molecule has 1 aromatic rings. The maximum Gasteiger partial charge on any atom is 0.246 e. The van der Waals surface area contributed by atoms with Gasteiger partial charge in [-0.25, -0.2) is 8.42 Å². The zero-order valence-corrected chi connectivity index (χ0v) is 14.5. The molecule has 2 rings (SSSR count). The van der Waals surface area contributed by atoms with Crippen molar-refractivity contribution < 1.29 is 13.2 Å². The number of amides is 1. The van der Waals surface area contributed by atoms with E-state index < -0.39 is 9.84 Å². The van der Waals surface area contributed by atoms with Gasteiger partial charge < -0.3 is 4.90 Å². The Labute approximate surface area is 140 Å². The number of carbonyl (C=O) groups is 1. The van der Waals surface area contributed by atoms with Gasteiger partial charge in [-0.05, 0) is 43.2 Å². The third-order valence-corrected chi connectivity index (χ3v) is 5.97. The largest absolute Gasteiger partial charge is 0.335 e. The highest BCUT2D eigenvalue weighted by atomic mass is 35.5. The van der Waals surface area contributed by atoms with Crippen LogP contribution >= 0.6 is 23.2 Å². The maximum atomic E-state index is 12.3.